The molecule has 0 bridgehead atoms. The van der Waals surface area contributed by atoms with Crippen LogP contribution in [0, 0.1) is 5.41 Å². The Morgan fingerprint density at radius 1 is 1.24 bits per heavy atom. The van der Waals surface area contributed by atoms with Gasteiger partial charge in [-0.25, -0.2) is 4.79 Å². The number of carboxylic acid groups (broad SMARTS) is 1. The predicted octanol–water partition coefficient (Wildman–Crippen LogP) is 6.19. The van der Waals surface area contributed by atoms with Gasteiger partial charge in [-0.2, -0.15) is 0 Å². The van der Waals surface area contributed by atoms with E-state index in [4.69, 9.17) is 5.11 Å². The van der Waals surface area contributed by atoms with Crippen molar-refractivity contribution in [2.24, 2.45) is 5.41 Å². The van der Waals surface area contributed by atoms with E-state index in [-0.39, 0.29) is 5.41 Å². The number of aryl methyl sites for hydroxylation is 1. The molecule has 1 aromatic carbocycles. The summed E-state index contributed by atoms with van der Waals surface area (Å²) >= 11 is 0. The van der Waals surface area contributed by atoms with Gasteiger partial charge in [-0.15, -0.1) is 0 Å². The number of rotatable bonds is 6. The van der Waals surface area contributed by atoms with Gasteiger partial charge in [-0.1, -0.05) is 61.4 Å². The van der Waals surface area contributed by atoms with Gasteiger partial charge in [0.2, 0.25) is 0 Å². The Bertz CT molecular complexity index is 717. The fourth-order valence-corrected chi connectivity index (χ4v) is 3.72. The van der Waals surface area contributed by atoms with Crippen LogP contribution in [0.3, 0.4) is 0 Å². The molecule has 2 rings (SSSR count). The van der Waals surface area contributed by atoms with Gasteiger partial charge >= 0.3 is 5.97 Å². The molecular weight excluding hydrogens is 308 g/mol. The maximum Gasteiger partial charge on any atom is 0.328 e. The summed E-state index contributed by atoms with van der Waals surface area (Å²) in [6, 6.07) is 8.41. The van der Waals surface area contributed by atoms with Crippen molar-refractivity contribution < 1.29 is 9.90 Å². The molecule has 25 heavy (non-hydrogen) atoms. The van der Waals surface area contributed by atoms with Crippen molar-refractivity contribution in [1.29, 1.82) is 0 Å². The van der Waals surface area contributed by atoms with Gasteiger partial charge in [0.15, 0.2) is 0 Å². The molecule has 0 amide bonds. The SMILES string of the molecule is CC(=CC(=O)O)CCc1ccccc1C=CC1=C(C)CCCC1(C)C. The second-order valence-corrected chi connectivity index (χ2v) is 7.79. The molecule has 0 saturated heterocycles. The lowest BCUT2D eigenvalue weighted by Crippen LogP contribution is -2.18. The zero-order chi connectivity index (χ0) is 18.4. The molecule has 0 aromatic heterocycles. The van der Waals surface area contributed by atoms with Crippen LogP contribution in [0.5, 0.6) is 0 Å². The van der Waals surface area contributed by atoms with E-state index in [1.807, 2.05) is 6.92 Å². The second-order valence-electron chi connectivity index (χ2n) is 7.79. The molecular formula is C23H30O2. The Balaban J connectivity index is 2.19. The molecule has 2 nitrogen and oxygen atoms in total. The van der Waals surface area contributed by atoms with E-state index < -0.39 is 5.97 Å². The summed E-state index contributed by atoms with van der Waals surface area (Å²) in [5.41, 5.74) is 6.62. The highest BCUT2D eigenvalue weighted by molar-refractivity contribution is 5.80. The van der Waals surface area contributed by atoms with E-state index in [2.05, 4.69) is 57.2 Å². The van der Waals surface area contributed by atoms with Gasteiger partial charge in [0.25, 0.3) is 0 Å². The third kappa shape index (κ3) is 5.45. The minimum Gasteiger partial charge on any atom is -0.478 e. The highest BCUT2D eigenvalue weighted by Gasteiger charge is 2.26. The van der Waals surface area contributed by atoms with E-state index in [0.717, 1.165) is 18.4 Å². The number of hydrogen-bond acceptors (Lipinski definition) is 1. The first kappa shape index (κ1) is 19.2. The van der Waals surface area contributed by atoms with Gasteiger partial charge in [-0.05, 0) is 68.1 Å². The molecule has 0 unspecified atom stereocenters. The van der Waals surface area contributed by atoms with E-state index in [9.17, 15) is 4.79 Å². The number of carboxylic acids is 1. The molecule has 1 aromatic rings. The van der Waals surface area contributed by atoms with Gasteiger partial charge in [0, 0.05) is 6.08 Å². The molecule has 0 heterocycles. The van der Waals surface area contributed by atoms with Crippen molar-refractivity contribution in [2.45, 2.75) is 59.8 Å². The Labute approximate surface area is 152 Å². The quantitative estimate of drug-likeness (QED) is 0.628. The van der Waals surface area contributed by atoms with Crippen LogP contribution in [0.1, 0.15) is 64.5 Å². The molecule has 1 N–H and O–H groups in total. The first-order valence-corrected chi connectivity index (χ1v) is 9.16. The third-order valence-corrected chi connectivity index (χ3v) is 5.19. The Morgan fingerprint density at radius 3 is 2.64 bits per heavy atom. The van der Waals surface area contributed by atoms with Crippen LogP contribution in [-0.4, -0.2) is 11.1 Å². The predicted molar refractivity (Wildman–Crippen MR) is 106 cm³/mol. The fraction of sp³-hybridized carbons (Fsp3) is 0.435. The first-order chi connectivity index (χ1) is 11.8. The standard InChI is InChI=1S/C23H30O2/c1-17(16-22(24)25)11-12-19-9-5-6-10-20(19)13-14-21-18(2)8-7-15-23(21,3)4/h5-6,9-10,13-14,16H,7-8,11-12,15H2,1-4H3,(H,24,25). The lowest BCUT2D eigenvalue weighted by Gasteiger charge is -2.33. The van der Waals surface area contributed by atoms with Crippen molar-refractivity contribution in [3.63, 3.8) is 0 Å². The summed E-state index contributed by atoms with van der Waals surface area (Å²) < 4.78 is 0. The topological polar surface area (TPSA) is 37.3 Å². The molecule has 2 heteroatoms. The van der Waals surface area contributed by atoms with Crippen molar-refractivity contribution >= 4 is 12.0 Å². The van der Waals surface area contributed by atoms with Crippen LogP contribution >= 0.6 is 0 Å². The average Bonchev–Trinajstić information content (AvgIpc) is 2.52. The van der Waals surface area contributed by atoms with Crippen molar-refractivity contribution in [2.75, 3.05) is 0 Å². The maximum absolute atomic E-state index is 10.8. The van der Waals surface area contributed by atoms with Crippen LogP contribution in [0.2, 0.25) is 0 Å². The van der Waals surface area contributed by atoms with Crippen molar-refractivity contribution in [3.8, 4) is 0 Å². The molecule has 1 aliphatic rings. The van der Waals surface area contributed by atoms with Crippen LogP contribution in [0.15, 0.2) is 53.1 Å². The van der Waals surface area contributed by atoms with Crippen molar-refractivity contribution in [3.05, 3.63) is 64.3 Å². The van der Waals surface area contributed by atoms with E-state index in [1.54, 1.807) is 0 Å². The van der Waals surface area contributed by atoms with E-state index >= 15 is 0 Å². The molecule has 0 saturated carbocycles. The van der Waals surface area contributed by atoms with Crippen LogP contribution in [0.25, 0.3) is 6.08 Å². The highest BCUT2D eigenvalue weighted by atomic mass is 16.4. The van der Waals surface area contributed by atoms with E-state index in [0.29, 0.717) is 0 Å². The number of allylic oxidation sites excluding steroid dienone is 4. The lowest BCUT2D eigenvalue weighted by molar-refractivity contribution is -0.131. The number of hydrogen-bond donors (Lipinski definition) is 1. The zero-order valence-corrected chi connectivity index (χ0v) is 15.9. The summed E-state index contributed by atoms with van der Waals surface area (Å²) in [5, 5.41) is 8.85. The molecule has 0 atom stereocenters. The number of aliphatic carboxylic acids is 1. The Kier molecular flexibility index (Phi) is 6.41. The molecule has 0 fully saturated rings. The Morgan fingerprint density at radius 2 is 1.96 bits per heavy atom. The minimum atomic E-state index is -0.868. The molecule has 0 radical (unpaired) electrons. The summed E-state index contributed by atoms with van der Waals surface area (Å²) in [5.74, 6) is -0.868. The maximum atomic E-state index is 10.8. The minimum absolute atomic E-state index is 0.245. The Hall–Kier alpha value is -2.09. The number of benzene rings is 1. The van der Waals surface area contributed by atoms with Crippen LogP contribution < -0.4 is 0 Å². The average molecular weight is 338 g/mol. The largest absolute Gasteiger partial charge is 0.478 e. The smallest absolute Gasteiger partial charge is 0.328 e. The van der Waals surface area contributed by atoms with Gasteiger partial charge < -0.3 is 5.11 Å². The normalized spacial score (nSPS) is 18.0. The first-order valence-electron chi connectivity index (χ1n) is 9.16. The monoisotopic (exact) mass is 338 g/mol. The van der Waals surface area contributed by atoms with Crippen molar-refractivity contribution in [1.82, 2.24) is 0 Å². The zero-order valence-electron chi connectivity index (χ0n) is 15.9. The highest BCUT2D eigenvalue weighted by Crippen LogP contribution is 2.41. The molecule has 0 spiro atoms. The summed E-state index contributed by atoms with van der Waals surface area (Å²) in [6.07, 6.45) is 11.2. The summed E-state index contributed by atoms with van der Waals surface area (Å²) in [7, 11) is 0. The summed E-state index contributed by atoms with van der Waals surface area (Å²) in [6.45, 7) is 8.81. The van der Waals surface area contributed by atoms with Gasteiger partial charge in [0.05, 0.1) is 0 Å². The second kappa shape index (κ2) is 8.33. The van der Waals surface area contributed by atoms with E-state index in [1.165, 1.54) is 47.6 Å². The molecule has 134 valence electrons. The molecule has 1 aliphatic carbocycles. The molecule has 0 aliphatic heterocycles. The number of carbonyl (C=O) groups is 1. The summed E-state index contributed by atoms with van der Waals surface area (Å²) in [4.78, 5) is 10.8. The van der Waals surface area contributed by atoms with Crippen LogP contribution in [0.4, 0.5) is 0 Å². The van der Waals surface area contributed by atoms with Crippen LogP contribution in [-0.2, 0) is 11.2 Å². The van der Waals surface area contributed by atoms with Gasteiger partial charge in [0.1, 0.15) is 0 Å². The fourth-order valence-electron chi connectivity index (χ4n) is 3.72. The van der Waals surface area contributed by atoms with Gasteiger partial charge in [-0.3, -0.25) is 0 Å². The third-order valence-electron chi connectivity index (χ3n) is 5.19. The lowest BCUT2D eigenvalue weighted by atomic mass is 9.72.